The first-order valence-corrected chi connectivity index (χ1v) is 9.20. The van der Waals surface area contributed by atoms with Crippen LogP contribution in [0.5, 0.6) is 0 Å². The van der Waals surface area contributed by atoms with Crippen LogP contribution in [0.2, 0.25) is 0 Å². The van der Waals surface area contributed by atoms with Gasteiger partial charge in [-0.15, -0.1) is 0 Å². The monoisotopic (exact) mass is 336 g/mol. The molecule has 0 atom stereocenters. The van der Waals surface area contributed by atoms with Gasteiger partial charge in [0.1, 0.15) is 0 Å². The fourth-order valence-electron chi connectivity index (χ4n) is 2.03. The van der Waals surface area contributed by atoms with Crippen LogP contribution in [-0.4, -0.2) is 37.0 Å². The zero-order chi connectivity index (χ0) is 16.9. The number of aromatic nitrogens is 2. The number of amides is 2. The van der Waals surface area contributed by atoms with E-state index >= 15 is 0 Å². The number of urea groups is 1. The normalized spacial score (nSPS) is 11.2. The van der Waals surface area contributed by atoms with Crippen molar-refractivity contribution in [1.29, 1.82) is 0 Å². The average Bonchev–Trinajstić information content (AvgIpc) is 2.95. The topological polar surface area (TPSA) is 93.1 Å². The molecule has 1 heterocycles. The highest BCUT2D eigenvalue weighted by Gasteiger charge is 2.15. The molecule has 1 aromatic heterocycles. The van der Waals surface area contributed by atoms with Crippen LogP contribution in [0.25, 0.3) is 5.69 Å². The minimum atomic E-state index is -3.37. The van der Waals surface area contributed by atoms with E-state index in [0.29, 0.717) is 17.9 Å². The van der Waals surface area contributed by atoms with Crippen LogP contribution in [0, 0.1) is 0 Å². The minimum absolute atomic E-state index is 0.182. The van der Waals surface area contributed by atoms with E-state index < -0.39 is 9.84 Å². The van der Waals surface area contributed by atoms with Gasteiger partial charge in [0, 0.05) is 12.8 Å². The number of rotatable bonds is 6. The number of carbonyl (C=O) groups is 1. The molecule has 0 saturated heterocycles. The smallest absolute Gasteiger partial charge is 0.319 e. The molecule has 0 unspecified atom stereocenters. The number of carbonyl (C=O) groups excluding carboxylic acids is 1. The summed E-state index contributed by atoms with van der Waals surface area (Å²) in [6, 6.07) is 6.26. The van der Waals surface area contributed by atoms with Gasteiger partial charge in [0.05, 0.1) is 28.7 Å². The molecule has 2 rings (SSSR count). The van der Waals surface area contributed by atoms with Crippen LogP contribution in [0.4, 0.5) is 10.5 Å². The molecule has 2 N–H and O–H groups in total. The maximum Gasteiger partial charge on any atom is 0.319 e. The van der Waals surface area contributed by atoms with Crippen molar-refractivity contribution in [1.82, 2.24) is 15.1 Å². The van der Waals surface area contributed by atoms with Crippen LogP contribution >= 0.6 is 0 Å². The molecule has 2 aromatic rings. The summed E-state index contributed by atoms with van der Waals surface area (Å²) in [7, 11) is -3.37. The van der Waals surface area contributed by atoms with Crippen molar-refractivity contribution < 1.29 is 13.2 Å². The molecular formula is C15H20N4O3S. The predicted molar refractivity (Wildman–Crippen MR) is 88.6 cm³/mol. The molecule has 0 aliphatic carbocycles. The molecule has 7 nitrogen and oxygen atoms in total. The van der Waals surface area contributed by atoms with E-state index in [1.165, 1.54) is 16.9 Å². The number of nitrogens with one attached hydrogen (secondary N) is 2. The van der Waals surface area contributed by atoms with Crippen LogP contribution in [-0.2, 0) is 9.84 Å². The van der Waals surface area contributed by atoms with E-state index in [-0.39, 0.29) is 10.9 Å². The number of sulfone groups is 1. The van der Waals surface area contributed by atoms with Gasteiger partial charge in [-0.25, -0.2) is 17.9 Å². The van der Waals surface area contributed by atoms with Crippen molar-refractivity contribution in [2.45, 2.75) is 24.7 Å². The number of unbranched alkanes of at least 4 members (excludes halogenated alkanes) is 1. The third-order valence-electron chi connectivity index (χ3n) is 3.17. The fraction of sp³-hybridized carbons (Fsp3) is 0.333. The summed E-state index contributed by atoms with van der Waals surface area (Å²) in [5.74, 6) is 0. The first-order chi connectivity index (χ1) is 10.9. The van der Waals surface area contributed by atoms with Gasteiger partial charge in [-0.2, -0.15) is 5.10 Å². The summed E-state index contributed by atoms with van der Waals surface area (Å²) >= 11 is 0. The highest BCUT2D eigenvalue weighted by atomic mass is 32.2. The van der Waals surface area contributed by atoms with Crippen molar-refractivity contribution in [3.8, 4) is 5.69 Å². The zero-order valence-corrected chi connectivity index (χ0v) is 13.9. The summed E-state index contributed by atoms with van der Waals surface area (Å²) in [5.41, 5.74) is 0.928. The lowest BCUT2D eigenvalue weighted by atomic mass is 10.3. The van der Waals surface area contributed by atoms with Gasteiger partial charge < -0.3 is 10.6 Å². The molecule has 124 valence electrons. The maximum absolute atomic E-state index is 11.8. The van der Waals surface area contributed by atoms with E-state index in [2.05, 4.69) is 15.7 Å². The number of anilines is 1. The first kappa shape index (κ1) is 17.0. The van der Waals surface area contributed by atoms with E-state index in [4.69, 9.17) is 0 Å². The molecule has 0 aliphatic heterocycles. The third kappa shape index (κ3) is 4.56. The van der Waals surface area contributed by atoms with Crippen molar-refractivity contribution in [2.75, 3.05) is 18.1 Å². The SMILES string of the molecule is CCCCNC(=O)Nc1cnn(-c2ccccc2S(C)(=O)=O)c1. The summed E-state index contributed by atoms with van der Waals surface area (Å²) in [4.78, 5) is 11.9. The van der Waals surface area contributed by atoms with Crippen molar-refractivity contribution in [3.05, 3.63) is 36.7 Å². The summed E-state index contributed by atoms with van der Waals surface area (Å²) in [5, 5.41) is 9.52. The van der Waals surface area contributed by atoms with E-state index in [1.807, 2.05) is 6.92 Å². The lowest BCUT2D eigenvalue weighted by Gasteiger charge is -2.07. The Morgan fingerprint density at radius 1 is 1.30 bits per heavy atom. The van der Waals surface area contributed by atoms with Gasteiger partial charge in [0.25, 0.3) is 0 Å². The Hall–Kier alpha value is -2.35. The Labute approximate surface area is 135 Å². The lowest BCUT2D eigenvalue weighted by molar-refractivity contribution is 0.252. The summed E-state index contributed by atoms with van der Waals surface area (Å²) in [6.07, 6.45) is 6.10. The standard InChI is InChI=1S/C15H20N4O3S/c1-3-4-9-16-15(20)18-12-10-17-19(11-12)13-7-5-6-8-14(13)23(2,21)22/h5-8,10-11H,3-4,9H2,1-2H3,(H2,16,18,20). The van der Waals surface area contributed by atoms with Gasteiger partial charge >= 0.3 is 6.03 Å². The molecule has 2 amide bonds. The second-order valence-corrected chi connectivity index (χ2v) is 7.13. The van der Waals surface area contributed by atoms with E-state index in [1.54, 1.807) is 24.4 Å². The van der Waals surface area contributed by atoms with Crippen LogP contribution < -0.4 is 10.6 Å². The van der Waals surface area contributed by atoms with Gasteiger partial charge in [-0.3, -0.25) is 0 Å². The molecule has 0 aliphatic rings. The Balaban J connectivity index is 2.16. The van der Waals surface area contributed by atoms with Crippen LogP contribution in [0.3, 0.4) is 0 Å². The second kappa shape index (κ2) is 7.28. The van der Waals surface area contributed by atoms with Crippen molar-refractivity contribution in [3.63, 3.8) is 0 Å². The lowest BCUT2D eigenvalue weighted by Crippen LogP contribution is -2.29. The van der Waals surface area contributed by atoms with Crippen LogP contribution in [0.1, 0.15) is 19.8 Å². The second-order valence-electron chi connectivity index (χ2n) is 5.15. The zero-order valence-electron chi connectivity index (χ0n) is 13.1. The molecule has 0 radical (unpaired) electrons. The molecule has 23 heavy (non-hydrogen) atoms. The fourth-order valence-corrected chi connectivity index (χ4v) is 2.90. The van der Waals surface area contributed by atoms with Crippen LogP contribution in [0.15, 0.2) is 41.6 Å². The predicted octanol–water partition coefficient (Wildman–Crippen LogP) is 2.20. The first-order valence-electron chi connectivity index (χ1n) is 7.31. The Morgan fingerprint density at radius 3 is 2.74 bits per heavy atom. The molecule has 0 fully saturated rings. The molecule has 0 saturated carbocycles. The number of hydrogen-bond acceptors (Lipinski definition) is 4. The molecule has 1 aromatic carbocycles. The van der Waals surface area contributed by atoms with E-state index in [0.717, 1.165) is 19.1 Å². The Morgan fingerprint density at radius 2 is 2.04 bits per heavy atom. The number of nitrogens with zero attached hydrogens (tertiary/aromatic N) is 2. The van der Waals surface area contributed by atoms with Gasteiger partial charge in [-0.1, -0.05) is 25.5 Å². The quantitative estimate of drug-likeness (QED) is 0.791. The molecular weight excluding hydrogens is 316 g/mol. The number of benzene rings is 1. The average molecular weight is 336 g/mol. The minimum Gasteiger partial charge on any atom is -0.338 e. The van der Waals surface area contributed by atoms with Gasteiger partial charge in [0.2, 0.25) is 0 Å². The van der Waals surface area contributed by atoms with E-state index in [9.17, 15) is 13.2 Å². The van der Waals surface area contributed by atoms with Gasteiger partial charge in [-0.05, 0) is 18.6 Å². The molecule has 0 spiro atoms. The number of para-hydroxylation sites is 1. The van der Waals surface area contributed by atoms with Crippen molar-refractivity contribution >= 4 is 21.6 Å². The largest absolute Gasteiger partial charge is 0.338 e. The molecule has 8 heteroatoms. The third-order valence-corrected chi connectivity index (χ3v) is 4.31. The Kier molecular flexibility index (Phi) is 5.38. The highest BCUT2D eigenvalue weighted by molar-refractivity contribution is 7.90. The molecule has 0 bridgehead atoms. The Bertz CT molecular complexity index is 784. The summed E-state index contributed by atoms with van der Waals surface area (Å²) in [6.45, 7) is 2.65. The maximum atomic E-state index is 11.8. The van der Waals surface area contributed by atoms with Crippen molar-refractivity contribution in [2.24, 2.45) is 0 Å². The number of hydrogen-bond donors (Lipinski definition) is 2. The van der Waals surface area contributed by atoms with Gasteiger partial charge in [0.15, 0.2) is 9.84 Å². The highest BCUT2D eigenvalue weighted by Crippen LogP contribution is 2.20. The summed E-state index contributed by atoms with van der Waals surface area (Å²) < 4.78 is 25.1.